The van der Waals surface area contributed by atoms with E-state index in [4.69, 9.17) is 10.5 Å². The highest BCUT2D eigenvalue weighted by molar-refractivity contribution is 5.90. The molecule has 5 atom stereocenters. The Hall–Kier alpha value is -1.95. The zero-order valence-electron chi connectivity index (χ0n) is 18.1. The van der Waals surface area contributed by atoms with Gasteiger partial charge in [-0.15, -0.1) is 12.4 Å². The van der Waals surface area contributed by atoms with Gasteiger partial charge in [-0.05, 0) is 54.9 Å². The molecule has 0 spiro atoms. The van der Waals surface area contributed by atoms with Gasteiger partial charge < -0.3 is 10.5 Å². The van der Waals surface area contributed by atoms with Gasteiger partial charge in [0.25, 0.3) is 5.91 Å². The molecule has 2 aliphatic carbocycles. The molecule has 31 heavy (non-hydrogen) atoms. The highest BCUT2D eigenvalue weighted by atomic mass is 35.5. The van der Waals surface area contributed by atoms with Crippen molar-refractivity contribution < 1.29 is 9.53 Å². The Labute approximate surface area is 190 Å². The molecule has 2 saturated carbocycles. The average Bonchev–Trinajstić information content (AvgIpc) is 2.73. The molecular weight excluding hydrogens is 410 g/mol. The first kappa shape index (κ1) is 22.3. The molecule has 166 valence electrons. The van der Waals surface area contributed by atoms with E-state index >= 15 is 0 Å². The molecule has 0 radical (unpaired) electrons. The average molecular weight is 442 g/mol. The lowest BCUT2D eigenvalue weighted by Gasteiger charge is -2.58. The molecule has 3 fully saturated rings. The third kappa shape index (κ3) is 3.67. The Morgan fingerprint density at radius 3 is 2.39 bits per heavy atom. The minimum Gasteiger partial charge on any atom is -0.373 e. The van der Waals surface area contributed by atoms with Crippen molar-refractivity contribution >= 4 is 18.3 Å². The van der Waals surface area contributed by atoms with Gasteiger partial charge >= 0.3 is 0 Å². The van der Waals surface area contributed by atoms with E-state index < -0.39 is 5.91 Å². The number of halogens is 1. The van der Waals surface area contributed by atoms with Crippen LogP contribution >= 0.6 is 12.4 Å². The number of ether oxygens (including phenoxy) is 1. The third-order valence-electron chi connectivity index (χ3n) is 7.96. The number of piperidine rings is 1. The zero-order valence-corrected chi connectivity index (χ0v) is 18.9. The Morgan fingerprint density at radius 2 is 1.81 bits per heavy atom. The van der Waals surface area contributed by atoms with Gasteiger partial charge in [-0.2, -0.15) is 0 Å². The lowest BCUT2D eigenvalue weighted by molar-refractivity contribution is -0.179. The van der Waals surface area contributed by atoms with Crippen molar-refractivity contribution in [2.24, 2.45) is 17.6 Å². The SMILES string of the molecule is COC1(c2ccnc(C(N)=O)c2)[C@@H]2CCC[C@H]1CN([C@H]1CC[C@@H]1c1ccccc1)C2.Cl. The van der Waals surface area contributed by atoms with Gasteiger partial charge in [-0.1, -0.05) is 36.8 Å². The number of methoxy groups -OCH3 is 1. The number of rotatable bonds is 5. The predicted octanol–water partition coefficient (Wildman–Crippen LogP) is 4.12. The fraction of sp³-hybridized carbons (Fsp3) is 0.520. The summed E-state index contributed by atoms with van der Waals surface area (Å²) in [6.45, 7) is 2.10. The highest BCUT2D eigenvalue weighted by Crippen LogP contribution is 2.53. The molecule has 1 amide bonds. The molecule has 2 N–H and O–H groups in total. The number of benzene rings is 1. The van der Waals surface area contributed by atoms with E-state index in [9.17, 15) is 4.79 Å². The summed E-state index contributed by atoms with van der Waals surface area (Å²) in [5.41, 5.74) is 8.03. The molecule has 2 aromatic rings. The normalized spacial score (nSPS) is 32.5. The van der Waals surface area contributed by atoms with Crippen molar-refractivity contribution in [2.75, 3.05) is 20.2 Å². The van der Waals surface area contributed by atoms with E-state index in [1.807, 2.05) is 19.2 Å². The van der Waals surface area contributed by atoms with Crippen molar-refractivity contribution in [3.63, 3.8) is 0 Å². The van der Waals surface area contributed by atoms with E-state index in [-0.39, 0.29) is 18.0 Å². The molecule has 2 heterocycles. The van der Waals surface area contributed by atoms with Crippen molar-refractivity contribution in [2.45, 2.75) is 49.7 Å². The van der Waals surface area contributed by atoms with Crippen LogP contribution in [0.1, 0.15) is 59.6 Å². The first-order chi connectivity index (χ1) is 14.6. The quantitative estimate of drug-likeness (QED) is 0.757. The first-order valence-corrected chi connectivity index (χ1v) is 11.2. The standard InChI is InChI=1S/C25H31N3O2.ClH/c1-30-25(18-12-13-27-22(14-18)24(26)29)19-8-5-9-20(25)16-28(15-19)23-11-10-21(23)17-6-3-2-4-7-17;/h2-4,6-7,12-14,19-21,23H,5,8-11,15-16H2,1H3,(H2,26,29);1H/t19-,20+,21-,23+,25?;/m1./s1. The van der Waals surface area contributed by atoms with Crippen LogP contribution in [-0.2, 0) is 10.3 Å². The molecule has 1 aromatic carbocycles. The Kier molecular flexibility index (Phi) is 6.38. The fourth-order valence-corrected chi connectivity index (χ4v) is 6.48. The summed E-state index contributed by atoms with van der Waals surface area (Å²) in [6.07, 6.45) is 7.81. The highest BCUT2D eigenvalue weighted by Gasteiger charge is 2.55. The van der Waals surface area contributed by atoms with E-state index in [1.54, 1.807) is 6.20 Å². The summed E-state index contributed by atoms with van der Waals surface area (Å²) >= 11 is 0. The van der Waals surface area contributed by atoms with Gasteiger partial charge in [-0.25, -0.2) is 0 Å². The van der Waals surface area contributed by atoms with Crippen LogP contribution in [0, 0.1) is 11.8 Å². The van der Waals surface area contributed by atoms with Gasteiger partial charge in [0.2, 0.25) is 0 Å². The number of pyridine rings is 1. The van der Waals surface area contributed by atoms with Crippen LogP contribution in [-0.4, -0.2) is 42.0 Å². The molecular formula is C25H32ClN3O2. The van der Waals surface area contributed by atoms with Crippen molar-refractivity contribution in [1.29, 1.82) is 0 Å². The van der Waals surface area contributed by atoms with E-state index in [1.165, 1.54) is 24.8 Å². The molecule has 6 heteroatoms. The van der Waals surface area contributed by atoms with Crippen LogP contribution in [0.25, 0.3) is 0 Å². The van der Waals surface area contributed by atoms with Gasteiger partial charge in [0.1, 0.15) is 11.3 Å². The minimum absolute atomic E-state index is 0. The van der Waals surface area contributed by atoms with Gasteiger partial charge in [0.05, 0.1) is 0 Å². The number of carbonyl (C=O) groups excluding carboxylic acids is 1. The second kappa shape index (κ2) is 8.89. The Morgan fingerprint density at radius 1 is 1.10 bits per heavy atom. The van der Waals surface area contributed by atoms with Crippen molar-refractivity contribution in [1.82, 2.24) is 9.88 Å². The number of hydrogen-bond donors (Lipinski definition) is 1. The van der Waals surface area contributed by atoms with Gasteiger partial charge in [0.15, 0.2) is 0 Å². The van der Waals surface area contributed by atoms with E-state index in [0.717, 1.165) is 31.5 Å². The van der Waals surface area contributed by atoms with Crippen molar-refractivity contribution in [3.8, 4) is 0 Å². The maximum absolute atomic E-state index is 11.7. The number of primary amides is 1. The lowest BCUT2D eigenvalue weighted by atomic mass is 9.61. The van der Waals surface area contributed by atoms with E-state index in [0.29, 0.717) is 29.5 Å². The molecule has 1 saturated heterocycles. The van der Waals surface area contributed by atoms with Gasteiger partial charge in [-0.3, -0.25) is 14.7 Å². The van der Waals surface area contributed by atoms with E-state index in [2.05, 4.69) is 40.2 Å². The predicted molar refractivity (Wildman–Crippen MR) is 123 cm³/mol. The largest absolute Gasteiger partial charge is 0.373 e. The summed E-state index contributed by atoms with van der Waals surface area (Å²) < 4.78 is 6.35. The zero-order chi connectivity index (χ0) is 20.7. The van der Waals surface area contributed by atoms with Crippen LogP contribution in [0.3, 0.4) is 0 Å². The first-order valence-electron chi connectivity index (χ1n) is 11.2. The second-order valence-electron chi connectivity index (χ2n) is 9.23. The summed E-state index contributed by atoms with van der Waals surface area (Å²) in [6, 6.07) is 15.5. The summed E-state index contributed by atoms with van der Waals surface area (Å²) in [7, 11) is 1.83. The number of likely N-dealkylation sites (tertiary alicyclic amines) is 1. The number of fused-ring (bicyclic) bond motifs is 2. The number of nitrogens with zero attached hydrogens (tertiary/aromatic N) is 2. The van der Waals surface area contributed by atoms with Crippen LogP contribution in [0.15, 0.2) is 48.7 Å². The molecule has 3 aliphatic rings. The summed E-state index contributed by atoms with van der Waals surface area (Å²) in [4.78, 5) is 18.6. The maximum Gasteiger partial charge on any atom is 0.267 e. The van der Waals surface area contributed by atoms with Crippen LogP contribution in [0.4, 0.5) is 0 Å². The number of amides is 1. The minimum atomic E-state index is -0.481. The Balaban J connectivity index is 0.00000231. The number of hydrogen-bond acceptors (Lipinski definition) is 4. The van der Waals surface area contributed by atoms with Gasteiger partial charge in [0, 0.05) is 44.3 Å². The molecule has 2 bridgehead atoms. The molecule has 5 nitrogen and oxygen atoms in total. The smallest absolute Gasteiger partial charge is 0.267 e. The summed E-state index contributed by atoms with van der Waals surface area (Å²) in [5, 5.41) is 0. The Bertz CT molecular complexity index is 908. The van der Waals surface area contributed by atoms with Crippen LogP contribution in [0.5, 0.6) is 0 Å². The number of carbonyl (C=O) groups is 1. The molecule has 1 aliphatic heterocycles. The fourth-order valence-electron chi connectivity index (χ4n) is 6.48. The molecule has 1 aromatic heterocycles. The monoisotopic (exact) mass is 441 g/mol. The third-order valence-corrected chi connectivity index (χ3v) is 7.96. The van der Waals surface area contributed by atoms with Crippen LogP contribution in [0.2, 0.25) is 0 Å². The number of aromatic nitrogens is 1. The second-order valence-corrected chi connectivity index (χ2v) is 9.23. The van der Waals surface area contributed by atoms with Crippen LogP contribution < -0.4 is 5.73 Å². The lowest BCUT2D eigenvalue weighted by Crippen LogP contribution is -2.62. The topological polar surface area (TPSA) is 68.5 Å². The van der Waals surface area contributed by atoms with Crippen molar-refractivity contribution in [3.05, 3.63) is 65.5 Å². The maximum atomic E-state index is 11.7. The molecule has 5 rings (SSSR count). The number of nitrogens with two attached hydrogens (primary N) is 1. The molecule has 1 unspecified atom stereocenters. The summed E-state index contributed by atoms with van der Waals surface area (Å²) in [5.74, 6) is 0.987.